The molecule has 0 spiro atoms. The highest BCUT2D eigenvalue weighted by Crippen LogP contribution is 2.50. The first-order chi connectivity index (χ1) is 15.2. The van der Waals surface area contributed by atoms with Crippen molar-refractivity contribution in [3.05, 3.63) is 66.2 Å². The van der Waals surface area contributed by atoms with Crippen LogP contribution in [0.25, 0.3) is 0 Å². The number of aliphatic carboxylic acids is 1. The maximum absolute atomic E-state index is 13.2. The molecule has 166 valence electrons. The van der Waals surface area contributed by atoms with Crippen molar-refractivity contribution in [2.75, 3.05) is 0 Å². The maximum Gasteiger partial charge on any atom is 0.328 e. The Morgan fingerprint density at radius 2 is 1.66 bits per heavy atom. The molecular weight excluding hydrogens is 432 g/mol. The van der Waals surface area contributed by atoms with Crippen LogP contribution in [-0.2, 0) is 19.2 Å². The van der Waals surface area contributed by atoms with Gasteiger partial charge in [-0.25, -0.2) is 4.79 Å². The summed E-state index contributed by atoms with van der Waals surface area (Å²) >= 11 is 1.32. The zero-order valence-corrected chi connectivity index (χ0v) is 18.2. The average molecular weight is 455 g/mol. The van der Waals surface area contributed by atoms with E-state index < -0.39 is 51.9 Å². The second kappa shape index (κ2) is 8.31. The Hall–Kier alpha value is -3.33. The van der Waals surface area contributed by atoms with E-state index in [0.29, 0.717) is 11.3 Å². The summed E-state index contributed by atoms with van der Waals surface area (Å²) in [5, 5.41) is 11.7. The summed E-state index contributed by atoms with van der Waals surface area (Å²) in [7, 11) is 0. The maximum atomic E-state index is 13.2. The Bertz CT molecular complexity index is 1060. The number of hydrogen-bond donors (Lipinski definition) is 2. The zero-order valence-electron chi connectivity index (χ0n) is 17.4. The third-order valence-corrected chi connectivity index (χ3v) is 7.14. The number of para-hydroxylation sites is 1. The van der Waals surface area contributed by atoms with Crippen molar-refractivity contribution < 1.29 is 29.0 Å². The normalized spacial score (nSPS) is 24.1. The van der Waals surface area contributed by atoms with Crippen molar-refractivity contribution in [1.82, 2.24) is 10.2 Å². The predicted octanol–water partition coefficient (Wildman–Crippen LogP) is 2.01. The number of thioether (sulfide) groups is 1. The fourth-order valence-corrected chi connectivity index (χ4v) is 5.71. The van der Waals surface area contributed by atoms with Crippen molar-refractivity contribution in [3.63, 3.8) is 0 Å². The number of fused-ring (bicyclic) bond motifs is 1. The van der Waals surface area contributed by atoms with Gasteiger partial charge < -0.3 is 20.1 Å². The van der Waals surface area contributed by atoms with Gasteiger partial charge in [-0.1, -0.05) is 48.5 Å². The van der Waals surface area contributed by atoms with Crippen LogP contribution in [0.5, 0.6) is 5.75 Å². The zero-order chi connectivity index (χ0) is 23.0. The lowest BCUT2D eigenvalue weighted by atomic mass is 9.94. The monoisotopic (exact) mass is 454 g/mol. The van der Waals surface area contributed by atoms with E-state index in [1.165, 1.54) is 16.7 Å². The molecule has 2 saturated heterocycles. The van der Waals surface area contributed by atoms with E-state index in [2.05, 4.69) is 5.32 Å². The van der Waals surface area contributed by atoms with Gasteiger partial charge in [0.05, 0.1) is 0 Å². The first-order valence-corrected chi connectivity index (χ1v) is 10.9. The van der Waals surface area contributed by atoms with E-state index in [9.17, 15) is 24.3 Å². The first-order valence-electron chi connectivity index (χ1n) is 10.1. The van der Waals surface area contributed by atoms with Gasteiger partial charge in [0.15, 0.2) is 5.92 Å². The highest BCUT2D eigenvalue weighted by atomic mass is 32.2. The fourth-order valence-electron chi connectivity index (χ4n) is 4.09. The van der Waals surface area contributed by atoms with Crippen LogP contribution in [0, 0.1) is 0 Å². The number of esters is 1. The van der Waals surface area contributed by atoms with Crippen molar-refractivity contribution in [2.45, 2.75) is 42.0 Å². The lowest BCUT2D eigenvalue weighted by molar-refractivity contribution is -0.161. The molecule has 2 aliphatic heterocycles. The molecule has 4 rings (SSSR count). The van der Waals surface area contributed by atoms with E-state index in [4.69, 9.17) is 4.74 Å². The van der Waals surface area contributed by atoms with E-state index in [-0.39, 0.29) is 0 Å². The number of carboxylic acids is 1. The van der Waals surface area contributed by atoms with Gasteiger partial charge in [-0.3, -0.25) is 14.4 Å². The predicted molar refractivity (Wildman–Crippen MR) is 117 cm³/mol. The van der Waals surface area contributed by atoms with Gasteiger partial charge in [0.1, 0.15) is 23.2 Å². The topological polar surface area (TPSA) is 113 Å². The molecular formula is C23H22N2O6S. The van der Waals surface area contributed by atoms with Crippen LogP contribution in [0.3, 0.4) is 0 Å². The Morgan fingerprint density at radius 3 is 2.25 bits per heavy atom. The molecule has 4 atom stereocenters. The number of ether oxygens (including phenoxy) is 1. The number of carbonyl (C=O) groups is 4. The highest BCUT2D eigenvalue weighted by Gasteiger charge is 2.64. The Labute approximate surface area is 188 Å². The molecule has 9 heteroatoms. The fraction of sp³-hybridized carbons (Fsp3) is 0.304. The molecule has 2 amide bonds. The van der Waals surface area contributed by atoms with Crippen LogP contribution in [-0.4, -0.2) is 56.0 Å². The van der Waals surface area contributed by atoms with Crippen LogP contribution < -0.4 is 10.1 Å². The minimum atomic E-state index is -1.28. The number of carboxylic acid groups (broad SMARTS) is 1. The van der Waals surface area contributed by atoms with Gasteiger partial charge >= 0.3 is 11.9 Å². The standard InChI is InChI=1S/C23H22N2O6S/c1-23(2)17(21(28)29)25-19(27)16(20(25)32-23)24-18(26)15(13-9-5-3-6-10-13)22(30)31-14-11-7-4-8-12-14/h3-12,15-17,20H,1-2H3,(H,24,26)(H,28,29)/t15-,16+,17-,20+/m0/s1. The lowest BCUT2D eigenvalue weighted by Crippen LogP contribution is -2.71. The van der Waals surface area contributed by atoms with E-state index in [1.807, 2.05) is 0 Å². The molecule has 0 aromatic heterocycles. The highest BCUT2D eigenvalue weighted by molar-refractivity contribution is 8.01. The molecule has 2 N–H and O–H groups in total. The average Bonchev–Trinajstić information content (AvgIpc) is 3.01. The minimum absolute atomic E-state index is 0.300. The van der Waals surface area contributed by atoms with Gasteiger partial charge in [0.2, 0.25) is 11.8 Å². The smallest absolute Gasteiger partial charge is 0.328 e. The first kappa shape index (κ1) is 21.9. The van der Waals surface area contributed by atoms with Gasteiger partial charge in [-0.2, -0.15) is 0 Å². The summed E-state index contributed by atoms with van der Waals surface area (Å²) in [4.78, 5) is 51.8. The Balaban J connectivity index is 1.54. The van der Waals surface area contributed by atoms with Crippen LogP contribution >= 0.6 is 11.8 Å². The summed E-state index contributed by atoms with van der Waals surface area (Å²) in [5.74, 6) is -3.99. The molecule has 0 saturated carbocycles. The van der Waals surface area contributed by atoms with Crippen molar-refractivity contribution in [3.8, 4) is 5.75 Å². The number of hydrogen-bond acceptors (Lipinski definition) is 6. The largest absolute Gasteiger partial charge is 0.480 e. The second-order valence-corrected chi connectivity index (χ2v) is 9.93. The van der Waals surface area contributed by atoms with Crippen LogP contribution in [0.15, 0.2) is 60.7 Å². The van der Waals surface area contributed by atoms with Crippen LogP contribution in [0.4, 0.5) is 0 Å². The van der Waals surface area contributed by atoms with E-state index >= 15 is 0 Å². The molecule has 0 bridgehead atoms. The van der Waals surface area contributed by atoms with Crippen molar-refractivity contribution in [2.24, 2.45) is 0 Å². The summed E-state index contributed by atoms with van der Waals surface area (Å²) in [6, 6.07) is 15.0. The number of β-lactam (4-membered cyclic amide) rings is 1. The second-order valence-electron chi connectivity index (χ2n) is 8.16. The van der Waals surface area contributed by atoms with Gasteiger partial charge in [0.25, 0.3) is 0 Å². The molecule has 2 heterocycles. The number of amides is 2. The number of carbonyl (C=O) groups excluding carboxylic acids is 3. The number of nitrogens with zero attached hydrogens (tertiary/aromatic N) is 1. The minimum Gasteiger partial charge on any atom is -0.480 e. The Kier molecular flexibility index (Phi) is 5.68. The number of nitrogens with one attached hydrogen (secondary N) is 1. The molecule has 2 aromatic rings. The summed E-state index contributed by atoms with van der Waals surface area (Å²) < 4.78 is 4.69. The summed E-state index contributed by atoms with van der Waals surface area (Å²) in [6.45, 7) is 3.51. The molecule has 32 heavy (non-hydrogen) atoms. The molecule has 2 aromatic carbocycles. The third kappa shape index (κ3) is 3.84. The molecule has 0 radical (unpaired) electrons. The van der Waals surface area contributed by atoms with E-state index in [0.717, 1.165) is 0 Å². The summed E-state index contributed by atoms with van der Waals surface area (Å²) in [5.41, 5.74) is 0.428. The van der Waals surface area contributed by atoms with Crippen LogP contribution in [0.1, 0.15) is 25.3 Å². The quantitative estimate of drug-likeness (QED) is 0.297. The molecule has 2 fully saturated rings. The van der Waals surface area contributed by atoms with Crippen LogP contribution in [0.2, 0.25) is 0 Å². The van der Waals surface area contributed by atoms with Crippen molar-refractivity contribution in [1.29, 1.82) is 0 Å². The van der Waals surface area contributed by atoms with Gasteiger partial charge in [0, 0.05) is 4.75 Å². The van der Waals surface area contributed by atoms with Gasteiger partial charge in [-0.15, -0.1) is 11.8 Å². The molecule has 2 aliphatic rings. The molecule has 0 aliphatic carbocycles. The molecule has 0 unspecified atom stereocenters. The number of benzene rings is 2. The third-order valence-electron chi connectivity index (χ3n) is 5.57. The van der Waals surface area contributed by atoms with Gasteiger partial charge in [-0.05, 0) is 31.5 Å². The SMILES string of the molecule is CC1(C)S[C@@H]2[C@H](NC(=O)[C@@H](C(=O)Oc3ccccc3)c3ccccc3)C(=O)N2[C@H]1C(=O)O. The van der Waals surface area contributed by atoms with Crippen molar-refractivity contribution >= 4 is 35.5 Å². The van der Waals surface area contributed by atoms with E-state index in [1.54, 1.807) is 74.5 Å². The lowest BCUT2D eigenvalue weighted by Gasteiger charge is -2.43. The summed E-state index contributed by atoms with van der Waals surface area (Å²) in [6.07, 6.45) is 0. The number of rotatable bonds is 6. The Morgan fingerprint density at radius 1 is 1.06 bits per heavy atom. The molecule has 8 nitrogen and oxygen atoms in total.